The average Bonchev–Trinajstić information content (AvgIpc) is 3.17. The van der Waals surface area contributed by atoms with E-state index < -0.39 is 0 Å². The number of methoxy groups -OCH3 is 1. The monoisotopic (exact) mass is 422 g/mol. The molecule has 160 valence electrons. The standard InChI is InChI=1S/C20H31FN6OS/c1-5-19-25-24-15-27(19)11-10-23-20(22-9-6-12-29-4)26(2)14-16-7-8-18(28-3)17(21)13-16/h7-8,13,15H,5-6,9-12,14H2,1-4H3,(H,22,23). The number of ether oxygens (including phenoxy) is 1. The van der Waals surface area contributed by atoms with Crippen LogP contribution in [0.2, 0.25) is 0 Å². The molecule has 0 amide bonds. The molecule has 1 heterocycles. The zero-order chi connectivity index (χ0) is 21.1. The maximum absolute atomic E-state index is 14.0. The second kappa shape index (κ2) is 12.3. The van der Waals surface area contributed by atoms with E-state index in [4.69, 9.17) is 9.73 Å². The Morgan fingerprint density at radius 3 is 2.93 bits per heavy atom. The molecule has 0 aliphatic heterocycles. The summed E-state index contributed by atoms with van der Waals surface area (Å²) < 4.78 is 21.0. The highest BCUT2D eigenvalue weighted by molar-refractivity contribution is 7.98. The lowest BCUT2D eigenvalue weighted by molar-refractivity contribution is 0.385. The first-order valence-electron chi connectivity index (χ1n) is 9.76. The molecular formula is C20H31FN6OS. The molecule has 0 atom stereocenters. The van der Waals surface area contributed by atoms with Crippen LogP contribution in [0, 0.1) is 5.82 Å². The third kappa shape index (κ3) is 7.23. The summed E-state index contributed by atoms with van der Waals surface area (Å²) in [5.41, 5.74) is 0.858. The fourth-order valence-electron chi connectivity index (χ4n) is 2.89. The van der Waals surface area contributed by atoms with Crippen LogP contribution in [-0.2, 0) is 19.5 Å². The van der Waals surface area contributed by atoms with Gasteiger partial charge in [0, 0.05) is 39.6 Å². The Labute approximate surface area is 176 Å². The zero-order valence-corrected chi connectivity index (χ0v) is 18.5. The Kier molecular flexibility index (Phi) is 9.76. The number of hydrogen-bond donors (Lipinski definition) is 1. The van der Waals surface area contributed by atoms with Gasteiger partial charge in [-0.3, -0.25) is 4.99 Å². The van der Waals surface area contributed by atoms with E-state index in [9.17, 15) is 4.39 Å². The molecule has 0 saturated heterocycles. The molecule has 9 heteroatoms. The molecule has 0 bridgehead atoms. The van der Waals surface area contributed by atoms with Crippen LogP contribution in [0.4, 0.5) is 4.39 Å². The summed E-state index contributed by atoms with van der Waals surface area (Å²) in [6.45, 7) is 4.81. The molecule has 0 aliphatic carbocycles. The van der Waals surface area contributed by atoms with Crippen molar-refractivity contribution in [2.24, 2.45) is 4.99 Å². The highest BCUT2D eigenvalue weighted by Gasteiger charge is 2.10. The molecule has 1 aromatic heterocycles. The maximum atomic E-state index is 14.0. The number of aliphatic imine (C=N–C) groups is 1. The van der Waals surface area contributed by atoms with E-state index in [2.05, 4.69) is 28.7 Å². The number of nitrogens with zero attached hydrogens (tertiary/aromatic N) is 5. The molecule has 0 unspecified atom stereocenters. The molecule has 0 saturated carbocycles. The minimum absolute atomic E-state index is 0.251. The fraction of sp³-hybridized carbons (Fsp3) is 0.550. The summed E-state index contributed by atoms with van der Waals surface area (Å²) in [5.74, 6) is 2.73. The maximum Gasteiger partial charge on any atom is 0.194 e. The summed E-state index contributed by atoms with van der Waals surface area (Å²) in [5, 5.41) is 11.5. The van der Waals surface area contributed by atoms with Gasteiger partial charge in [0.15, 0.2) is 17.5 Å². The van der Waals surface area contributed by atoms with Crippen LogP contribution >= 0.6 is 11.8 Å². The highest BCUT2D eigenvalue weighted by Crippen LogP contribution is 2.18. The average molecular weight is 423 g/mol. The molecule has 7 nitrogen and oxygen atoms in total. The van der Waals surface area contributed by atoms with Crippen molar-refractivity contribution < 1.29 is 9.13 Å². The number of rotatable bonds is 11. The van der Waals surface area contributed by atoms with Crippen LogP contribution in [-0.4, -0.2) is 64.9 Å². The van der Waals surface area contributed by atoms with Crippen LogP contribution in [0.3, 0.4) is 0 Å². The van der Waals surface area contributed by atoms with Crippen molar-refractivity contribution in [3.8, 4) is 5.75 Å². The lowest BCUT2D eigenvalue weighted by Crippen LogP contribution is -2.40. The van der Waals surface area contributed by atoms with Gasteiger partial charge in [0.25, 0.3) is 0 Å². The third-order valence-electron chi connectivity index (χ3n) is 4.41. The van der Waals surface area contributed by atoms with Gasteiger partial charge in [-0.1, -0.05) is 13.0 Å². The van der Waals surface area contributed by atoms with Crippen LogP contribution in [0.5, 0.6) is 5.75 Å². The van der Waals surface area contributed by atoms with Gasteiger partial charge < -0.3 is 19.5 Å². The van der Waals surface area contributed by atoms with Gasteiger partial charge in [-0.05, 0) is 36.1 Å². The minimum atomic E-state index is -0.357. The molecule has 0 spiro atoms. The Morgan fingerprint density at radius 2 is 2.24 bits per heavy atom. The van der Waals surface area contributed by atoms with Crippen molar-refractivity contribution >= 4 is 17.7 Å². The molecule has 2 aromatic rings. The van der Waals surface area contributed by atoms with Crippen molar-refractivity contribution in [1.29, 1.82) is 0 Å². The van der Waals surface area contributed by atoms with Gasteiger partial charge in [0.2, 0.25) is 0 Å². The van der Waals surface area contributed by atoms with Crippen molar-refractivity contribution in [2.45, 2.75) is 32.9 Å². The number of guanidine groups is 1. The van der Waals surface area contributed by atoms with Gasteiger partial charge in [0.1, 0.15) is 12.2 Å². The molecule has 1 N–H and O–H groups in total. The van der Waals surface area contributed by atoms with Crippen molar-refractivity contribution in [3.05, 3.63) is 41.7 Å². The van der Waals surface area contributed by atoms with Gasteiger partial charge in [0.05, 0.1) is 7.11 Å². The van der Waals surface area contributed by atoms with Crippen LogP contribution in [0.25, 0.3) is 0 Å². The van der Waals surface area contributed by atoms with Gasteiger partial charge in [-0.15, -0.1) is 10.2 Å². The van der Waals surface area contributed by atoms with E-state index in [-0.39, 0.29) is 11.6 Å². The second-order valence-corrected chi connectivity index (χ2v) is 7.58. The van der Waals surface area contributed by atoms with Gasteiger partial charge >= 0.3 is 0 Å². The zero-order valence-electron chi connectivity index (χ0n) is 17.7. The molecule has 0 radical (unpaired) electrons. The lowest BCUT2D eigenvalue weighted by atomic mass is 10.2. The predicted octanol–water partition coefficient (Wildman–Crippen LogP) is 2.82. The SMILES string of the molecule is CCc1nncn1CCNC(=NCCCSC)N(C)Cc1ccc(OC)c(F)c1. The van der Waals surface area contributed by atoms with Gasteiger partial charge in [-0.25, -0.2) is 4.39 Å². The number of aromatic nitrogens is 3. The van der Waals surface area contributed by atoms with Crippen LogP contribution < -0.4 is 10.1 Å². The smallest absolute Gasteiger partial charge is 0.194 e. The Morgan fingerprint density at radius 1 is 1.41 bits per heavy atom. The summed E-state index contributed by atoms with van der Waals surface area (Å²) >= 11 is 1.82. The van der Waals surface area contributed by atoms with Gasteiger partial charge in [-0.2, -0.15) is 11.8 Å². The molecule has 1 aromatic carbocycles. The molecular weight excluding hydrogens is 391 g/mol. The highest BCUT2D eigenvalue weighted by atomic mass is 32.2. The number of nitrogens with one attached hydrogen (secondary N) is 1. The Balaban J connectivity index is 2.00. The van der Waals surface area contributed by atoms with E-state index in [0.717, 1.165) is 49.0 Å². The summed E-state index contributed by atoms with van der Waals surface area (Å²) in [4.78, 5) is 6.74. The first-order valence-corrected chi connectivity index (χ1v) is 11.2. The largest absolute Gasteiger partial charge is 0.494 e. The number of halogens is 1. The topological polar surface area (TPSA) is 67.6 Å². The summed E-state index contributed by atoms with van der Waals surface area (Å²) in [6, 6.07) is 5.03. The molecule has 0 fully saturated rings. The van der Waals surface area contributed by atoms with E-state index in [0.29, 0.717) is 13.1 Å². The minimum Gasteiger partial charge on any atom is -0.494 e. The first kappa shape index (κ1) is 23.0. The van der Waals surface area contributed by atoms with Crippen LogP contribution in [0.1, 0.15) is 24.7 Å². The second-order valence-electron chi connectivity index (χ2n) is 6.60. The van der Waals surface area contributed by atoms with E-state index in [1.54, 1.807) is 12.4 Å². The summed E-state index contributed by atoms with van der Waals surface area (Å²) in [6.07, 6.45) is 5.71. The Bertz CT molecular complexity index is 782. The van der Waals surface area contributed by atoms with E-state index >= 15 is 0 Å². The number of hydrogen-bond acceptors (Lipinski definition) is 5. The normalized spacial score (nSPS) is 11.6. The molecule has 29 heavy (non-hydrogen) atoms. The quantitative estimate of drug-likeness (QED) is 0.341. The number of thioether (sulfide) groups is 1. The molecule has 2 rings (SSSR count). The number of aryl methyl sites for hydroxylation is 1. The predicted molar refractivity (Wildman–Crippen MR) is 117 cm³/mol. The lowest BCUT2D eigenvalue weighted by Gasteiger charge is -2.23. The van der Waals surface area contributed by atoms with Crippen molar-refractivity contribution in [1.82, 2.24) is 25.0 Å². The summed E-state index contributed by atoms with van der Waals surface area (Å²) in [7, 11) is 3.42. The van der Waals surface area contributed by atoms with Crippen molar-refractivity contribution in [2.75, 3.05) is 39.3 Å². The Hall–Kier alpha value is -2.29. The van der Waals surface area contributed by atoms with E-state index in [1.807, 2.05) is 34.3 Å². The molecule has 0 aliphatic rings. The van der Waals surface area contributed by atoms with E-state index in [1.165, 1.54) is 13.2 Å². The third-order valence-corrected chi connectivity index (χ3v) is 5.11. The fourth-order valence-corrected chi connectivity index (χ4v) is 3.31. The van der Waals surface area contributed by atoms with Crippen LogP contribution in [0.15, 0.2) is 29.5 Å². The van der Waals surface area contributed by atoms with Crippen molar-refractivity contribution in [3.63, 3.8) is 0 Å². The number of benzene rings is 1. The first-order chi connectivity index (χ1) is 14.1.